The third-order valence-corrected chi connectivity index (χ3v) is 5.72. The highest BCUT2D eigenvalue weighted by atomic mass is 16.5. The number of fused-ring (bicyclic) bond motifs is 1. The summed E-state index contributed by atoms with van der Waals surface area (Å²) in [5.74, 6) is -0.140. The number of ether oxygens (including phenoxy) is 2. The maximum atomic E-state index is 12.4. The fraction of sp³-hybridized carbons (Fsp3) is 0.500. The summed E-state index contributed by atoms with van der Waals surface area (Å²) in [4.78, 5) is 24.9. The average molecular weight is 328 g/mol. The minimum atomic E-state index is -1.16. The molecule has 0 aliphatic heterocycles. The molecule has 0 N–H and O–H groups in total. The molecule has 3 atom stereocenters. The molecule has 3 rings (SSSR count). The van der Waals surface area contributed by atoms with Gasteiger partial charge in [0, 0.05) is 5.92 Å². The lowest BCUT2D eigenvalue weighted by Crippen LogP contribution is -2.39. The van der Waals surface area contributed by atoms with Crippen LogP contribution in [0.15, 0.2) is 41.5 Å². The van der Waals surface area contributed by atoms with Crippen molar-refractivity contribution >= 4 is 11.9 Å². The molecule has 2 fully saturated rings. The number of hydrogen-bond donors (Lipinski definition) is 0. The molecule has 0 spiro atoms. The Balaban J connectivity index is 2.01. The van der Waals surface area contributed by atoms with E-state index < -0.39 is 17.4 Å². The summed E-state index contributed by atoms with van der Waals surface area (Å²) < 4.78 is 9.93. The maximum absolute atomic E-state index is 12.4. The van der Waals surface area contributed by atoms with Crippen molar-refractivity contribution in [3.63, 3.8) is 0 Å². The minimum absolute atomic E-state index is 0.249. The first kappa shape index (κ1) is 16.7. The van der Waals surface area contributed by atoms with Crippen LogP contribution < -0.4 is 0 Å². The van der Waals surface area contributed by atoms with Gasteiger partial charge in [-0.25, -0.2) is 0 Å². The Kier molecular flexibility index (Phi) is 4.24. The lowest BCUT2D eigenvalue weighted by atomic mass is 9.59. The van der Waals surface area contributed by atoms with Crippen LogP contribution >= 0.6 is 0 Å². The van der Waals surface area contributed by atoms with Crippen LogP contribution in [-0.2, 0) is 19.1 Å². The summed E-state index contributed by atoms with van der Waals surface area (Å²) in [6, 6.07) is 10.3. The molecule has 4 heteroatoms. The van der Waals surface area contributed by atoms with Gasteiger partial charge in [-0.15, -0.1) is 0 Å². The third kappa shape index (κ3) is 2.27. The van der Waals surface area contributed by atoms with Crippen LogP contribution in [0.5, 0.6) is 0 Å². The topological polar surface area (TPSA) is 52.6 Å². The van der Waals surface area contributed by atoms with E-state index in [1.807, 2.05) is 18.2 Å². The van der Waals surface area contributed by atoms with Gasteiger partial charge in [0.25, 0.3) is 0 Å². The highest BCUT2D eigenvalue weighted by Gasteiger charge is 2.64. The van der Waals surface area contributed by atoms with Crippen LogP contribution in [0.4, 0.5) is 0 Å². The van der Waals surface area contributed by atoms with Gasteiger partial charge in [-0.3, -0.25) is 9.59 Å². The number of benzene rings is 1. The molecule has 1 aromatic rings. The number of carbonyl (C=O) groups excluding carboxylic acids is 2. The van der Waals surface area contributed by atoms with Gasteiger partial charge in [0.2, 0.25) is 0 Å². The second kappa shape index (κ2) is 6.08. The second-order valence-electron chi connectivity index (χ2n) is 7.09. The number of rotatable bonds is 3. The van der Waals surface area contributed by atoms with Gasteiger partial charge in [0.15, 0.2) is 5.41 Å². The molecule has 0 bridgehead atoms. The first-order valence-corrected chi connectivity index (χ1v) is 8.35. The SMILES string of the molecule is COC(=O)C1(C(=O)OC)CC2C(=C(C)C)[C@@H](c3ccccc3)C2C1. The highest BCUT2D eigenvalue weighted by Crippen LogP contribution is 2.65. The fourth-order valence-corrected chi connectivity index (χ4v) is 4.76. The Labute approximate surface area is 142 Å². The third-order valence-electron chi connectivity index (χ3n) is 5.72. The zero-order valence-corrected chi connectivity index (χ0v) is 14.7. The fourth-order valence-electron chi connectivity index (χ4n) is 4.76. The molecule has 0 heterocycles. The van der Waals surface area contributed by atoms with E-state index in [4.69, 9.17) is 9.47 Å². The molecule has 0 saturated heterocycles. The summed E-state index contributed by atoms with van der Waals surface area (Å²) in [6.45, 7) is 4.22. The van der Waals surface area contributed by atoms with Gasteiger partial charge in [-0.2, -0.15) is 0 Å². The molecular weight excluding hydrogens is 304 g/mol. The maximum Gasteiger partial charge on any atom is 0.323 e. The summed E-state index contributed by atoms with van der Waals surface area (Å²) in [5.41, 5.74) is 2.72. The molecular formula is C20H24O4. The van der Waals surface area contributed by atoms with Crippen molar-refractivity contribution in [2.75, 3.05) is 14.2 Å². The molecule has 2 aliphatic rings. The molecule has 24 heavy (non-hydrogen) atoms. The summed E-state index contributed by atoms with van der Waals surface area (Å²) in [7, 11) is 2.67. The van der Waals surface area contributed by atoms with E-state index in [1.54, 1.807) is 0 Å². The van der Waals surface area contributed by atoms with E-state index in [0.717, 1.165) is 0 Å². The monoisotopic (exact) mass is 328 g/mol. The van der Waals surface area contributed by atoms with E-state index in [1.165, 1.54) is 30.9 Å². The molecule has 0 amide bonds. The largest absolute Gasteiger partial charge is 0.468 e. The first-order chi connectivity index (χ1) is 11.5. The number of carbonyl (C=O) groups is 2. The van der Waals surface area contributed by atoms with Gasteiger partial charge >= 0.3 is 11.9 Å². The number of methoxy groups -OCH3 is 2. The highest BCUT2D eigenvalue weighted by molar-refractivity contribution is 6.00. The van der Waals surface area contributed by atoms with Crippen LogP contribution in [0.2, 0.25) is 0 Å². The van der Waals surface area contributed by atoms with Gasteiger partial charge in [0.05, 0.1) is 14.2 Å². The van der Waals surface area contributed by atoms with Gasteiger partial charge in [0.1, 0.15) is 0 Å². The van der Waals surface area contributed by atoms with E-state index >= 15 is 0 Å². The number of allylic oxidation sites excluding steroid dienone is 2. The van der Waals surface area contributed by atoms with Crippen LogP contribution in [-0.4, -0.2) is 26.2 Å². The van der Waals surface area contributed by atoms with E-state index in [0.29, 0.717) is 12.8 Å². The zero-order chi connectivity index (χ0) is 17.5. The van der Waals surface area contributed by atoms with Gasteiger partial charge in [-0.05, 0) is 44.1 Å². The molecule has 2 unspecified atom stereocenters. The van der Waals surface area contributed by atoms with E-state index in [2.05, 4.69) is 26.0 Å². The number of hydrogen-bond acceptors (Lipinski definition) is 4. The summed E-state index contributed by atoms with van der Waals surface area (Å²) in [5, 5.41) is 0. The van der Waals surface area contributed by atoms with Crippen LogP contribution in [0, 0.1) is 17.3 Å². The van der Waals surface area contributed by atoms with Gasteiger partial charge in [-0.1, -0.05) is 41.5 Å². The summed E-state index contributed by atoms with van der Waals surface area (Å²) >= 11 is 0. The lowest BCUT2D eigenvalue weighted by molar-refractivity contribution is -0.168. The minimum Gasteiger partial charge on any atom is -0.468 e. The molecule has 128 valence electrons. The van der Waals surface area contributed by atoms with Crippen LogP contribution in [0.25, 0.3) is 0 Å². The van der Waals surface area contributed by atoms with Crippen molar-refractivity contribution < 1.29 is 19.1 Å². The second-order valence-corrected chi connectivity index (χ2v) is 7.09. The molecule has 0 radical (unpaired) electrons. The molecule has 2 saturated carbocycles. The standard InChI is InChI=1S/C20H24O4/c1-12(2)16-14-10-20(18(21)23-3,19(22)24-4)11-15(14)17(16)13-8-6-5-7-9-13/h5-9,14-15,17H,10-11H2,1-4H3/t14?,15?,17-/m0/s1. The van der Waals surface area contributed by atoms with Crippen LogP contribution in [0.1, 0.15) is 38.2 Å². The van der Waals surface area contributed by atoms with E-state index in [9.17, 15) is 9.59 Å². The van der Waals surface area contributed by atoms with Crippen molar-refractivity contribution in [3.8, 4) is 0 Å². The average Bonchev–Trinajstić information content (AvgIpc) is 2.90. The summed E-state index contributed by atoms with van der Waals surface area (Å²) in [6.07, 6.45) is 0.980. The zero-order valence-electron chi connectivity index (χ0n) is 14.7. The molecule has 2 aliphatic carbocycles. The quantitative estimate of drug-likeness (QED) is 0.484. The van der Waals surface area contributed by atoms with Crippen molar-refractivity contribution in [2.45, 2.75) is 32.6 Å². The first-order valence-electron chi connectivity index (χ1n) is 8.35. The molecule has 1 aromatic carbocycles. The van der Waals surface area contributed by atoms with Gasteiger partial charge < -0.3 is 9.47 Å². The molecule has 0 aromatic heterocycles. The Hall–Kier alpha value is -2.10. The Morgan fingerprint density at radius 1 is 1.00 bits per heavy atom. The number of esters is 2. The predicted molar refractivity (Wildman–Crippen MR) is 90.2 cm³/mol. The normalized spacial score (nSPS) is 27.0. The Morgan fingerprint density at radius 3 is 2.08 bits per heavy atom. The predicted octanol–water partition coefficient (Wildman–Crippen LogP) is 3.48. The molecule has 4 nitrogen and oxygen atoms in total. The van der Waals surface area contributed by atoms with Crippen molar-refractivity contribution in [2.24, 2.45) is 17.3 Å². The van der Waals surface area contributed by atoms with Crippen molar-refractivity contribution in [1.29, 1.82) is 0 Å². The van der Waals surface area contributed by atoms with Crippen LogP contribution in [0.3, 0.4) is 0 Å². The van der Waals surface area contributed by atoms with E-state index in [-0.39, 0.29) is 17.8 Å². The van der Waals surface area contributed by atoms with Crippen molar-refractivity contribution in [3.05, 3.63) is 47.0 Å². The Morgan fingerprint density at radius 2 is 1.58 bits per heavy atom. The smallest absolute Gasteiger partial charge is 0.323 e. The van der Waals surface area contributed by atoms with Crippen molar-refractivity contribution in [1.82, 2.24) is 0 Å². The lowest BCUT2D eigenvalue weighted by Gasteiger charge is -2.45. The Bertz CT molecular complexity index is 669.